The quantitative estimate of drug-likeness (QED) is 0.289. The fourth-order valence-electron chi connectivity index (χ4n) is 2.97. The van der Waals surface area contributed by atoms with Gasteiger partial charge in [-0.3, -0.25) is 0 Å². The summed E-state index contributed by atoms with van der Waals surface area (Å²) in [5.74, 6) is -0.229. The Kier molecular flexibility index (Phi) is 6.45. The summed E-state index contributed by atoms with van der Waals surface area (Å²) >= 11 is 12.0. The number of halogens is 1. The maximum Gasteiger partial charge on any atom is 0.238 e. The van der Waals surface area contributed by atoms with Gasteiger partial charge < -0.3 is 10.4 Å². The van der Waals surface area contributed by atoms with Crippen molar-refractivity contribution in [2.45, 2.75) is 20.3 Å². The van der Waals surface area contributed by atoms with E-state index in [2.05, 4.69) is 12.2 Å². The van der Waals surface area contributed by atoms with E-state index in [9.17, 15) is 5.11 Å². The topological polar surface area (TPSA) is 39.0 Å². The Hall–Kier alpha value is -2.69. The van der Waals surface area contributed by atoms with Crippen LogP contribution in [0.5, 0.6) is 0 Å². The highest BCUT2D eigenvalue weighted by atomic mass is 35.5. The number of pyridine rings is 1. The lowest BCUT2D eigenvalue weighted by Gasteiger charge is -2.18. The molecule has 0 aliphatic heterocycles. The molecule has 0 atom stereocenters. The molecule has 3 aromatic rings. The third-order valence-corrected chi connectivity index (χ3v) is 5.03. The van der Waals surface area contributed by atoms with Crippen LogP contribution in [0.3, 0.4) is 0 Å². The molecule has 0 fully saturated rings. The number of para-hydroxylation sites is 1. The van der Waals surface area contributed by atoms with E-state index < -0.39 is 0 Å². The first kappa shape index (κ1) is 20.1. The van der Waals surface area contributed by atoms with Gasteiger partial charge in [0.15, 0.2) is 17.4 Å². The first-order chi connectivity index (χ1) is 13.5. The summed E-state index contributed by atoms with van der Waals surface area (Å²) in [6, 6.07) is 18.8. The molecular formula is C23H21ClN2OS. The van der Waals surface area contributed by atoms with E-state index in [0.717, 1.165) is 23.2 Å². The maximum absolute atomic E-state index is 13.4. The average molecular weight is 409 g/mol. The summed E-state index contributed by atoms with van der Waals surface area (Å²) in [6.45, 7) is 4.05. The number of nitrogens with zero attached hydrogens (tertiary/aromatic N) is 1. The van der Waals surface area contributed by atoms with Gasteiger partial charge in [0, 0.05) is 22.3 Å². The molecule has 0 aliphatic carbocycles. The molecule has 1 aromatic heterocycles. The highest BCUT2D eigenvalue weighted by Gasteiger charge is 2.20. The molecule has 28 heavy (non-hydrogen) atoms. The maximum atomic E-state index is 13.4. The van der Waals surface area contributed by atoms with Crippen molar-refractivity contribution in [2.24, 2.45) is 0 Å². The molecule has 3 rings (SSSR count). The minimum Gasteiger partial charge on any atom is -0.867 e. The van der Waals surface area contributed by atoms with Crippen LogP contribution in [0.2, 0.25) is 5.02 Å². The monoisotopic (exact) mass is 408 g/mol. The molecule has 0 amide bonds. The van der Waals surface area contributed by atoms with Crippen LogP contribution >= 0.6 is 23.8 Å². The number of thiocarbonyl (C=S) groups is 1. The van der Waals surface area contributed by atoms with Crippen molar-refractivity contribution in [1.29, 1.82) is 0 Å². The van der Waals surface area contributed by atoms with Crippen molar-refractivity contribution in [1.82, 2.24) is 0 Å². The molecule has 0 radical (unpaired) electrons. The molecule has 2 aromatic carbocycles. The smallest absolute Gasteiger partial charge is 0.238 e. The Balaban J connectivity index is 2.13. The van der Waals surface area contributed by atoms with Crippen LogP contribution in [0, 0.1) is 6.92 Å². The molecule has 0 aliphatic rings. The first-order valence-electron chi connectivity index (χ1n) is 9.05. The van der Waals surface area contributed by atoms with Gasteiger partial charge in [-0.1, -0.05) is 67.1 Å². The largest absolute Gasteiger partial charge is 0.867 e. The lowest BCUT2D eigenvalue weighted by molar-refractivity contribution is -0.578. The molecule has 1 heterocycles. The van der Waals surface area contributed by atoms with Crippen LogP contribution in [0.25, 0.3) is 11.5 Å². The number of nitrogens with one attached hydrogen (secondary N) is 1. The Labute approximate surface area is 175 Å². The van der Waals surface area contributed by atoms with Crippen LogP contribution < -0.4 is 15.0 Å². The van der Waals surface area contributed by atoms with Gasteiger partial charge in [-0.25, -0.2) is 0 Å². The zero-order chi connectivity index (χ0) is 20.1. The van der Waals surface area contributed by atoms with Crippen molar-refractivity contribution in [3.63, 3.8) is 0 Å². The predicted octanol–water partition coefficient (Wildman–Crippen LogP) is 4.62. The summed E-state index contributed by atoms with van der Waals surface area (Å²) in [6.07, 6.45) is 4.55. The summed E-state index contributed by atoms with van der Waals surface area (Å²) in [7, 11) is 0. The number of benzene rings is 2. The van der Waals surface area contributed by atoms with E-state index in [0.29, 0.717) is 21.3 Å². The van der Waals surface area contributed by atoms with E-state index in [-0.39, 0.29) is 5.76 Å². The first-order valence-corrected chi connectivity index (χ1v) is 9.83. The number of hydrogen-bond donors (Lipinski definition) is 1. The highest BCUT2D eigenvalue weighted by molar-refractivity contribution is 7.81. The zero-order valence-corrected chi connectivity index (χ0v) is 17.3. The third kappa shape index (κ3) is 4.41. The molecule has 5 heteroatoms. The van der Waals surface area contributed by atoms with Gasteiger partial charge in [-0.2, -0.15) is 4.57 Å². The van der Waals surface area contributed by atoms with Gasteiger partial charge in [0.2, 0.25) is 5.70 Å². The Bertz CT molecular complexity index is 1050. The Morgan fingerprint density at radius 3 is 2.50 bits per heavy atom. The molecule has 142 valence electrons. The highest BCUT2D eigenvalue weighted by Crippen LogP contribution is 2.24. The fourth-order valence-corrected chi connectivity index (χ4v) is 3.50. The zero-order valence-electron chi connectivity index (χ0n) is 15.8. The molecule has 0 saturated carbocycles. The standard InChI is InChI=1S/C23H21ClN2OS/c1-3-17-10-4-7-13-20(17)25-23(28)21(26-14-8-9-16(2)15-26)22(27)18-11-5-6-12-19(18)24/h4-15H,3H2,1-2H3,(H-,25,27,28). The van der Waals surface area contributed by atoms with Crippen LogP contribution in [-0.4, -0.2) is 4.99 Å². The summed E-state index contributed by atoms with van der Waals surface area (Å²) < 4.78 is 1.75. The van der Waals surface area contributed by atoms with Gasteiger partial charge in [0.1, 0.15) is 0 Å². The summed E-state index contributed by atoms with van der Waals surface area (Å²) in [5.41, 5.74) is 3.82. The lowest BCUT2D eigenvalue weighted by Crippen LogP contribution is -2.40. The van der Waals surface area contributed by atoms with Crippen LogP contribution in [0.1, 0.15) is 23.6 Å². The van der Waals surface area contributed by atoms with E-state index in [1.807, 2.05) is 55.7 Å². The number of aromatic nitrogens is 1. The number of hydrogen-bond acceptors (Lipinski definition) is 2. The third-order valence-electron chi connectivity index (χ3n) is 4.40. The second-order valence-electron chi connectivity index (χ2n) is 6.41. The van der Waals surface area contributed by atoms with Crippen LogP contribution in [0.15, 0.2) is 73.1 Å². The van der Waals surface area contributed by atoms with Gasteiger partial charge in [0.25, 0.3) is 0 Å². The van der Waals surface area contributed by atoms with Gasteiger partial charge in [-0.15, -0.1) is 0 Å². The second-order valence-corrected chi connectivity index (χ2v) is 7.23. The van der Waals surface area contributed by atoms with Crippen molar-refractivity contribution in [3.8, 4) is 0 Å². The second kappa shape index (κ2) is 9.00. The molecule has 3 nitrogen and oxygen atoms in total. The van der Waals surface area contributed by atoms with Crippen LogP contribution in [0.4, 0.5) is 5.69 Å². The fraction of sp³-hybridized carbons (Fsp3) is 0.130. The minimum absolute atomic E-state index is 0.229. The molecule has 0 spiro atoms. The number of aryl methyl sites for hydroxylation is 2. The summed E-state index contributed by atoms with van der Waals surface area (Å²) in [4.78, 5) is 0.349. The number of rotatable bonds is 5. The van der Waals surface area contributed by atoms with Gasteiger partial charge in [0.05, 0.1) is 0 Å². The van der Waals surface area contributed by atoms with Crippen molar-refractivity contribution in [2.75, 3.05) is 5.32 Å². The molecule has 0 unspecified atom stereocenters. The van der Waals surface area contributed by atoms with Gasteiger partial charge >= 0.3 is 0 Å². The van der Waals surface area contributed by atoms with Crippen molar-refractivity contribution >= 4 is 46.0 Å². The lowest BCUT2D eigenvalue weighted by atomic mass is 10.1. The van der Waals surface area contributed by atoms with Crippen molar-refractivity contribution < 1.29 is 9.67 Å². The SMILES string of the molecule is CCc1ccccc1NC(=S)C(=C([O-])c1ccccc1Cl)[n+]1cccc(C)c1. The minimum atomic E-state index is -0.229. The molecule has 0 bridgehead atoms. The molecule has 0 saturated heterocycles. The van der Waals surface area contributed by atoms with E-state index in [1.165, 1.54) is 0 Å². The summed E-state index contributed by atoms with van der Waals surface area (Å²) in [5, 5.41) is 17.1. The van der Waals surface area contributed by atoms with Crippen LogP contribution in [-0.2, 0) is 6.42 Å². The van der Waals surface area contributed by atoms with E-state index in [4.69, 9.17) is 23.8 Å². The van der Waals surface area contributed by atoms with E-state index in [1.54, 1.807) is 28.8 Å². The normalized spacial score (nSPS) is 11.7. The van der Waals surface area contributed by atoms with Crippen molar-refractivity contribution in [3.05, 3.63) is 94.8 Å². The molecule has 1 N–H and O–H groups in total. The Morgan fingerprint density at radius 1 is 1.07 bits per heavy atom. The Morgan fingerprint density at radius 2 is 1.79 bits per heavy atom. The number of anilines is 1. The molecular weight excluding hydrogens is 388 g/mol. The van der Waals surface area contributed by atoms with E-state index >= 15 is 0 Å². The van der Waals surface area contributed by atoms with Gasteiger partial charge in [-0.05, 0) is 48.4 Å². The average Bonchev–Trinajstić information content (AvgIpc) is 2.69. The predicted molar refractivity (Wildman–Crippen MR) is 118 cm³/mol.